The summed E-state index contributed by atoms with van der Waals surface area (Å²) in [7, 11) is 1.45. The Morgan fingerprint density at radius 1 is 1.22 bits per heavy atom. The zero-order chi connectivity index (χ0) is 13.1. The molecule has 0 saturated carbocycles. The second-order valence-corrected chi connectivity index (χ2v) is 4.12. The molecule has 2 rings (SSSR count). The molecule has 0 aliphatic carbocycles. The Morgan fingerprint density at radius 2 is 2.00 bits per heavy atom. The molecule has 0 aliphatic rings. The first-order valence-corrected chi connectivity index (χ1v) is 5.63. The Kier molecular flexibility index (Phi) is 3.63. The van der Waals surface area contributed by atoms with Gasteiger partial charge in [-0.05, 0) is 30.3 Å². The van der Waals surface area contributed by atoms with Gasteiger partial charge in [0.15, 0.2) is 5.78 Å². The van der Waals surface area contributed by atoms with Gasteiger partial charge >= 0.3 is 0 Å². The molecular weight excluding hydrogens is 255 g/mol. The number of benzene rings is 2. The summed E-state index contributed by atoms with van der Waals surface area (Å²) in [5.74, 6) is -0.381. The van der Waals surface area contributed by atoms with Gasteiger partial charge in [0.2, 0.25) is 0 Å². The van der Waals surface area contributed by atoms with E-state index in [1.165, 1.54) is 25.3 Å². The summed E-state index contributed by atoms with van der Waals surface area (Å²) < 4.78 is 18.2. The first-order valence-electron chi connectivity index (χ1n) is 5.25. The molecule has 4 heteroatoms. The highest BCUT2D eigenvalue weighted by molar-refractivity contribution is 6.31. The third kappa shape index (κ3) is 2.51. The van der Waals surface area contributed by atoms with Crippen LogP contribution in [0.4, 0.5) is 4.39 Å². The average molecular weight is 265 g/mol. The molecule has 0 heterocycles. The first kappa shape index (κ1) is 12.6. The standard InChI is InChI=1S/C14H10ClFO2/c1-18-13-8-10(15)5-6-12(13)14(17)9-3-2-4-11(16)7-9/h2-8H,1H3. The minimum atomic E-state index is -0.450. The van der Waals surface area contributed by atoms with Crippen LogP contribution in [0.5, 0.6) is 5.75 Å². The van der Waals surface area contributed by atoms with Gasteiger partial charge in [-0.2, -0.15) is 0 Å². The van der Waals surface area contributed by atoms with Crippen molar-refractivity contribution >= 4 is 17.4 Å². The van der Waals surface area contributed by atoms with Crippen LogP contribution in [0.3, 0.4) is 0 Å². The van der Waals surface area contributed by atoms with E-state index in [1.54, 1.807) is 24.3 Å². The number of methoxy groups -OCH3 is 1. The molecule has 92 valence electrons. The van der Waals surface area contributed by atoms with E-state index >= 15 is 0 Å². The van der Waals surface area contributed by atoms with Crippen LogP contribution in [0.15, 0.2) is 42.5 Å². The quantitative estimate of drug-likeness (QED) is 0.790. The minimum absolute atomic E-state index is 0.274. The van der Waals surface area contributed by atoms with Crippen LogP contribution >= 0.6 is 11.6 Å². The number of hydrogen-bond acceptors (Lipinski definition) is 2. The Balaban J connectivity index is 2.46. The number of hydrogen-bond donors (Lipinski definition) is 0. The van der Waals surface area contributed by atoms with Gasteiger partial charge in [0.05, 0.1) is 12.7 Å². The number of rotatable bonds is 3. The molecule has 0 N–H and O–H groups in total. The SMILES string of the molecule is COc1cc(Cl)ccc1C(=O)c1cccc(F)c1. The summed E-state index contributed by atoms with van der Waals surface area (Å²) in [5.41, 5.74) is 0.628. The van der Waals surface area contributed by atoms with Crippen LogP contribution in [0.2, 0.25) is 5.02 Å². The third-order valence-electron chi connectivity index (χ3n) is 2.50. The molecule has 0 unspecified atom stereocenters. The molecule has 0 bridgehead atoms. The molecular formula is C14H10ClFO2. The fraction of sp³-hybridized carbons (Fsp3) is 0.0714. The Morgan fingerprint density at radius 3 is 2.67 bits per heavy atom. The number of carbonyl (C=O) groups excluding carboxylic acids is 1. The molecule has 0 aromatic heterocycles. The third-order valence-corrected chi connectivity index (χ3v) is 2.73. The molecule has 2 nitrogen and oxygen atoms in total. The predicted molar refractivity (Wildman–Crippen MR) is 67.8 cm³/mol. The molecule has 0 amide bonds. The van der Waals surface area contributed by atoms with Crippen LogP contribution in [0.25, 0.3) is 0 Å². The summed E-state index contributed by atoms with van der Waals surface area (Å²) in [6.45, 7) is 0. The molecule has 2 aromatic carbocycles. The second kappa shape index (κ2) is 5.19. The monoisotopic (exact) mass is 264 g/mol. The normalized spacial score (nSPS) is 10.2. The summed E-state index contributed by atoms with van der Waals surface area (Å²) in [6, 6.07) is 10.2. The van der Waals surface area contributed by atoms with Gasteiger partial charge in [0, 0.05) is 10.6 Å². The van der Waals surface area contributed by atoms with Gasteiger partial charge in [-0.15, -0.1) is 0 Å². The zero-order valence-corrected chi connectivity index (χ0v) is 10.4. The highest BCUT2D eigenvalue weighted by Crippen LogP contribution is 2.25. The van der Waals surface area contributed by atoms with E-state index in [1.807, 2.05) is 0 Å². The van der Waals surface area contributed by atoms with E-state index in [4.69, 9.17) is 16.3 Å². The summed E-state index contributed by atoms with van der Waals surface area (Å²) in [5, 5.41) is 0.475. The maximum absolute atomic E-state index is 13.1. The fourth-order valence-electron chi connectivity index (χ4n) is 1.64. The van der Waals surface area contributed by atoms with Gasteiger partial charge in [0.25, 0.3) is 0 Å². The molecule has 0 radical (unpaired) electrons. The smallest absolute Gasteiger partial charge is 0.196 e. The van der Waals surface area contributed by atoms with Crippen molar-refractivity contribution in [1.82, 2.24) is 0 Å². The van der Waals surface area contributed by atoms with E-state index < -0.39 is 5.82 Å². The van der Waals surface area contributed by atoms with Crippen molar-refractivity contribution in [2.45, 2.75) is 0 Å². The molecule has 0 fully saturated rings. The Hall–Kier alpha value is -1.87. The van der Waals surface area contributed by atoms with Crippen LogP contribution < -0.4 is 4.74 Å². The van der Waals surface area contributed by atoms with E-state index in [0.29, 0.717) is 16.3 Å². The van der Waals surface area contributed by atoms with Gasteiger partial charge in [-0.1, -0.05) is 23.7 Å². The maximum Gasteiger partial charge on any atom is 0.196 e. The van der Waals surface area contributed by atoms with Crippen molar-refractivity contribution in [2.75, 3.05) is 7.11 Å². The number of halogens is 2. The second-order valence-electron chi connectivity index (χ2n) is 3.68. The minimum Gasteiger partial charge on any atom is -0.496 e. The van der Waals surface area contributed by atoms with Crippen LogP contribution in [0, 0.1) is 5.82 Å². The van der Waals surface area contributed by atoms with Crippen LogP contribution in [-0.2, 0) is 0 Å². The molecule has 2 aromatic rings. The Labute approximate surface area is 109 Å². The fourth-order valence-corrected chi connectivity index (χ4v) is 1.80. The number of ketones is 1. The topological polar surface area (TPSA) is 26.3 Å². The van der Waals surface area contributed by atoms with Crippen molar-refractivity contribution in [1.29, 1.82) is 0 Å². The van der Waals surface area contributed by atoms with E-state index in [2.05, 4.69) is 0 Å². The highest BCUT2D eigenvalue weighted by Gasteiger charge is 2.15. The summed E-state index contributed by atoms with van der Waals surface area (Å²) >= 11 is 5.82. The molecule has 0 atom stereocenters. The van der Waals surface area contributed by atoms with Gasteiger partial charge in [-0.3, -0.25) is 4.79 Å². The molecule has 18 heavy (non-hydrogen) atoms. The average Bonchev–Trinajstić information content (AvgIpc) is 2.37. The zero-order valence-electron chi connectivity index (χ0n) is 9.61. The van der Waals surface area contributed by atoms with Gasteiger partial charge < -0.3 is 4.74 Å². The van der Waals surface area contributed by atoms with Crippen molar-refractivity contribution < 1.29 is 13.9 Å². The first-order chi connectivity index (χ1) is 8.61. The van der Waals surface area contributed by atoms with Crippen molar-refractivity contribution in [3.8, 4) is 5.75 Å². The van der Waals surface area contributed by atoms with Crippen molar-refractivity contribution in [3.63, 3.8) is 0 Å². The van der Waals surface area contributed by atoms with Crippen LogP contribution in [0.1, 0.15) is 15.9 Å². The largest absolute Gasteiger partial charge is 0.496 e. The molecule has 0 aliphatic heterocycles. The van der Waals surface area contributed by atoms with Crippen LogP contribution in [-0.4, -0.2) is 12.9 Å². The summed E-state index contributed by atoms with van der Waals surface area (Å²) in [4.78, 5) is 12.2. The lowest BCUT2D eigenvalue weighted by Crippen LogP contribution is -2.04. The van der Waals surface area contributed by atoms with Crippen molar-refractivity contribution in [3.05, 3.63) is 64.4 Å². The maximum atomic E-state index is 13.1. The molecule has 0 saturated heterocycles. The van der Waals surface area contributed by atoms with E-state index in [-0.39, 0.29) is 11.3 Å². The predicted octanol–water partition coefficient (Wildman–Crippen LogP) is 3.72. The van der Waals surface area contributed by atoms with Crippen molar-refractivity contribution in [2.24, 2.45) is 0 Å². The molecule has 0 spiro atoms. The number of carbonyl (C=O) groups is 1. The lowest BCUT2D eigenvalue weighted by molar-refractivity contribution is 0.103. The summed E-state index contributed by atoms with van der Waals surface area (Å²) in [6.07, 6.45) is 0. The van der Waals surface area contributed by atoms with Gasteiger partial charge in [-0.25, -0.2) is 4.39 Å². The van der Waals surface area contributed by atoms with E-state index in [9.17, 15) is 9.18 Å². The lowest BCUT2D eigenvalue weighted by Gasteiger charge is -2.08. The highest BCUT2D eigenvalue weighted by atomic mass is 35.5. The lowest BCUT2D eigenvalue weighted by atomic mass is 10.0. The number of ether oxygens (including phenoxy) is 1. The van der Waals surface area contributed by atoms with Gasteiger partial charge in [0.1, 0.15) is 11.6 Å². The Bertz CT molecular complexity index is 596. The van der Waals surface area contributed by atoms with E-state index in [0.717, 1.165) is 0 Å².